The zero-order valence-electron chi connectivity index (χ0n) is 20.4. The number of H-pyrrole nitrogens is 1. The fraction of sp³-hybridized carbons (Fsp3) is 0.233. The minimum absolute atomic E-state index is 0.113. The predicted molar refractivity (Wildman–Crippen MR) is 148 cm³/mol. The van der Waals surface area contributed by atoms with E-state index in [0.29, 0.717) is 12.1 Å². The lowest BCUT2D eigenvalue weighted by Crippen LogP contribution is -2.22. The molecule has 1 aliphatic carbocycles. The van der Waals surface area contributed by atoms with E-state index in [-0.39, 0.29) is 5.41 Å². The molecule has 36 heavy (non-hydrogen) atoms. The summed E-state index contributed by atoms with van der Waals surface area (Å²) in [4.78, 5) is 18.0. The summed E-state index contributed by atoms with van der Waals surface area (Å²) in [6, 6.07) is 21.1. The maximum Gasteiger partial charge on any atom is 0.337 e. The number of aromatic carboxylic acids is 1. The number of aryl methyl sites for hydroxylation is 1. The van der Waals surface area contributed by atoms with Crippen LogP contribution < -0.4 is 11.3 Å². The number of aromatic nitrogens is 1. The van der Waals surface area contributed by atoms with Crippen LogP contribution in [0.5, 0.6) is 0 Å². The fourth-order valence-corrected chi connectivity index (χ4v) is 6.99. The first-order chi connectivity index (χ1) is 17.3. The van der Waals surface area contributed by atoms with Crippen LogP contribution in [0, 0.1) is 5.41 Å². The normalized spacial score (nSPS) is 14.9. The van der Waals surface area contributed by atoms with E-state index < -0.39 is 5.97 Å². The molecule has 2 heterocycles. The molecule has 0 atom stereocenters. The first-order valence-corrected chi connectivity index (χ1v) is 13.1. The van der Waals surface area contributed by atoms with Gasteiger partial charge >= 0.3 is 5.97 Å². The molecule has 6 heteroatoms. The van der Waals surface area contributed by atoms with Crippen LogP contribution in [0.1, 0.15) is 46.6 Å². The first kappa shape index (κ1) is 23.0. The third-order valence-electron chi connectivity index (χ3n) is 7.47. The van der Waals surface area contributed by atoms with Gasteiger partial charge in [-0.1, -0.05) is 56.3 Å². The lowest BCUT2D eigenvalue weighted by Gasteiger charge is -2.29. The molecule has 0 aliphatic heterocycles. The molecule has 182 valence electrons. The number of fused-ring (bicyclic) bond motifs is 4. The van der Waals surface area contributed by atoms with Gasteiger partial charge in [-0.05, 0) is 70.7 Å². The number of aromatic amines is 1. The highest BCUT2D eigenvalue weighted by atomic mass is 32.1. The Balaban J connectivity index is 1.47. The van der Waals surface area contributed by atoms with Crippen LogP contribution in [0.15, 0.2) is 60.7 Å². The summed E-state index contributed by atoms with van der Waals surface area (Å²) in [5.41, 5.74) is 10.7. The number of carboxylic acid groups (broad SMARTS) is 1. The highest BCUT2D eigenvalue weighted by molar-refractivity contribution is 7.16. The number of carbonyl (C=O) groups is 1. The van der Waals surface area contributed by atoms with Gasteiger partial charge in [0.2, 0.25) is 0 Å². The predicted octanol–water partition coefficient (Wildman–Crippen LogP) is 6.89. The van der Waals surface area contributed by atoms with E-state index in [1.165, 1.54) is 15.6 Å². The van der Waals surface area contributed by atoms with Crippen LogP contribution in [0.3, 0.4) is 0 Å². The van der Waals surface area contributed by atoms with Gasteiger partial charge in [-0.25, -0.2) is 4.79 Å². The zero-order chi connectivity index (χ0) is 25.0. The minimum atomic E-state index is -0.847. The van der Waals surface area contributed by atoms with E-state index in [2.05, 4.69) is 78.9 Å². The standard InChI is InChI=1S/C30H29N3O2S/c1-30(2)12-11-26-23(15-30)27(29(34)35)28(36-26)20-9-7-17(13-19(20)16-32-31)18-8-10-22-21-5-3-4-6-24(21)33-25(22)14-18/h3-10,13-14,32-33H,11-12,15-16,31H2,1-2H3,(H,34,35). The van der Waals surface area contributed by atoms with E-state index >= 15 is 0 Å². The molecule has 1 aliphatic rings. The van der Waals surface area contributed by atoms with Crippen molar-refractivity contribution in [1.29, 1.82) is 0 Å². The molecular formula is C30H29N3O2S. The monoisotopic (exact) mass is 495 g/mol. The topological polar surface area (TPSA) is 91.1 Å². The minimum Gasteiger partial charge on any atom is -0.478 e. The molecule has 5 aromatic rings. The van der Waals surface area contributed by atoms with Crippen molar-refractivity contribution in [2.24, 2.45) is 11.3 Å². The summed E-state index contributed by atoms with van der Waals surface area (Å²) in [5, 5.41) is 12.6. The van der Waals surface area contributed by atoms with Gasteiger partial charge < -0.3 is 10.1 Å². The van der Waals surface area contributed by atoms with Crippen molar-refractivity contribution in [2.45, 2.75) is 39.7 Å². The Labute approximate surface area is 213 Å². The van der Waals surface area contributed by atoms with Crippen molar-refractivity contribution in [3.63, 3.8) is 0 Å². The molecule has 0 saturated heterocycles. The quantitative estimate of drug-likeness (QED) is 0.158. The molecule has 0 unspecified atom stereocenters. The first-order valence-electron chi connectivity index (χ1n) is 12.3. The molecule has 3 aromatic carbocycles. The van der Waals surface area contributed by atoms with Crippen LogP contribution in [0.2, 0.25) is 0 Å². The Morgan fingerprint density at radius 2 is 1.81 bits per heavy atom. The summed E-state index contributed by atoms with van der Waals surface area (Å²) in [7, 11) is 0. The average Bonchev–Trinajstić information content (AvgIpc) is 3.41. The highest BCUT2D eigenvalue weighted by Crippen LogP contribution is 2.46. The van der Waals surface area contributed by atoms with Crippen molar-refractivity contribution in [1.82, 2.24) is 10.4 Å². The summed E-state index contributed by atoms with van der Waals surface area (Å²) in [6.45, 7) is 4.90. The lowest BCUT2D eigenvalue weighted by molar-refractivity contribution is 0.0696. The number of carboxylic acids is 1. The van der Waals surface area contributed by atoms with E-state index in [1.807, 2.05) is 6.07 Å². The van der Waals surface area contributed by atoms with Gasteiger partial charge in [0.15, 0.2) is 0 Å². The van der Waals surface area contributed by atoms with Crippen molar-refractivity contribution >= 4 is 39.1 Å². The molecular weight excluding hydrogens is 466 g/mol. The van der Waals surface area contributed by atoms with E-state index in [4.69, 9.17) is 5.84 Å². The second-order valence-electron chi connectivity index (χ2n) is 10.5. The Hall–Kier alpha value is -3.45. The van der Waals surface area contributed by atoms with Gasteiger partial charge in [-0.3, -0.25) is 11.3 Å². The van der Waals surface area contributed by atoms with Gasteiger partial charge in [0.05, 0.1) is 5.56 Å². The fourth-order valence-electron chi connectivity index (χ4n) is 5.62. The van der Waals surface area contributed by atoms with Crippen LogP contribution >= 0.6 is 11.3 Å². The molecule has 5 nitrogen and oxygen atoms in total. The Morgan fingerprint density at radius 3 is 2.61 bits per heavy atom. The maximum atomic E-state index is 12.5. The number of hydrazine groups is 1. The number of hydrogen-bond acceptors (Lipinski definition) is 4. The molecule has 0 amide bonds. The second kappa shape index (κ2) is 8.59. The van der Waals surface area contributed by atoms with Crippen LogP contribution in [-0.4, -0.2) is 16.1 Å². The number of nitrogens with two attached hydrogens (primary N) is 1. The molecule has 0 saturated carbocycles. The Bertz CT molecular complexity index is 1640. The number of hydrogen-bond donors (Lipinski definition) is 4. The Morgan fingerprint density at radius 1 is 1.06 bits per heavy atom. The molecule has 0 radical (unpaired) electrons. The summed E-state index contributed by atoms with van der Waals surface area (Å²) in [6.07, 6.45) is 2.80. The molecule has 5 N–H and O–H groups in total. The van der Waals surface area contributed by atoms with Gasteiger partial charge in [-0.2, -0.15) is 0 Å². The third-order valence-corrected chi connectivity index (χ3v) is 8.80. The summed E-state index contributed by atoms with van der Waals surface area (Å²) in [5.74, 6) is 4.93. The van der Waals surface area contributed by atoms with Gasteiger partial charge in [0.1, 0.15) is 0 Å². The summed E-state index contributed by atoms with van der Waals surface area (Å²) < 4.78 is 0. The number of nitrogens with one attached hydrogen (secondary N) is 2. The number of benzene rings is 3. The smallest absolute Gasteiger partial charge is 0.337 e. The molecule has 0 spiro atoms. The van der Waals surface area contributed by atoms with E-state index in [1.54, 1.807) is 11.3 Å². The van der Waals surface area contributed by atoms with Gasteiger partial charge in [-0.15, -0.1) is 11.3 Å². The molecule has 2 aromatic heterocycles. The molecule has 0 fully saturated rings. The van der Waals surface area contributed by atoms with E-state index in [9.17, 15) is 9.90 Å². The number of rotatable bonds is 5. The van der Waals surface area contributed by atoms with Crippen LogP contribution in [0.4, 0.5) is 0 Å². The van der Waals surface area contributed by atoms with Crippen molar-refractivity contribution in [3.8, 4) is 21.6 Å². The second-order valence-corrected chi connectivity index (χ2v) is 11.6. The SMILES string of the molecule is CC1(C)CCc2sc(-c3ccc(-c4ccc5c(c4)[nH]c4ccccc45)cc3CNN)c(C(=O)O)c2C1. The summed E-state index contributed by atoms with van der Waals surface area (Å²) >= 11 is 1.64. The average molecular weight is 496 g/mol. The largest absolute Gasteiger partial charge is 0.478 e. The van der Waals surface area contributed by atoms with E-state index in [0.717, 1.165) is 63.0 Å². The van der Waals surface area contributed by atoms with Crippen molar-refractivity contribution in [3.05, 3.63) is 82.2 Å². The van der Waals surface area contributed by atoms with Crippen molar-refractivity contribution < 1.29 is 9.90 Å². The van der Waals surface area contributed by atoms with Crippen LogP contribution in [0.25, 0.3) is 43.4 Å². The number of thiophene rings is 1. The van der Waals surface area contributed by atoms with Gasteiger partial charge in [0, 0.05) is 38.1 Å². The zero-order valence-corrected chi connectivity index (χ0v) is 21.3. The van der Waals surface area contributed by atoms with Gasteiger partial charge in [0.25, 0.3) is 0 Å². The molecule has 6 rings (SSSR count). The lowest BCUT2D eigenvalue weighted by atomic mass is 9.76. The maximum absolute atomic E-state index is 12.5. The third kappa shape index (κ3) is 3.82. The number of para-hydroxylation sites is 1. The highest BCUT2D eigenvalue weighted by Gasteiger charge is 2.33. The Kier molecular flexibility index (Phi) is 5.48. The molecule has 0 bridgehead atoms. The van der Waals surface area contributed by atoms with Crippen molar-refractivity contribution in [2.75, 3.05) is 0 Å². The van der Waals surface area contributed by atoms with Crippen LogP contribution in [-0.2, 0) is 19.4 Å².